The molecule has 2 aromatic rings. The number of benzene rings is 1. The minimum absolute atomic E-state index is 0. The summed E-state index contributed by atoms with van der Waals surface area (Å²) in [6.45, 7) is 1.29. The quantitative estimate of drug-likeness (QED) is 0.921. The fourth-order valence-corrected chi connectivity index (χ4v) is 2.83. The molecule has 0 spiro atoms. The molecule has 2 N–H and O–H groups in total. The summed E-state index contributed by atoms with van der Waals surface area (Å²) >= 11 is 0. The number of rotatable bonds is 2. The van der Waals surface area contributed by atoms with Crippen molar-refractivity contribution in [3.63, 3.8) is 0 Å². The van der Waals surface area contributed by atoms with Crippen molar-refractivity contribution in [1.29, 1.82) is 0 Å². The summed E-state index contributed by atoms with van der Waals surface area (Å²) in [5.74, 6) is 0.0197. The van der Waals surface area contributed by atoms with E-state index in [4.69, 9.17) is 5.73 Å². The Morgan fingerprint density at radius 1 is 1.29 bits per heavy atom. The number of nitrogens with two attached hydrogens (primary N) is 1. The van der Waals surface area contributed by atoms with Gasteiger partial charge in [-0.2, -0.15) is 0 Å². The van der Waals surface area contributed by atoms with Crippen molar-refractivity contribution in [2.45, 2.75) is 25.3 Å². The molecule has 3 rings (SSSR count). The minimum atomic E-state index is 0. The molecule has 21 heavy (non-hydrogen) atoms. The standard InChI is InChI=1S/C15H18N4O.ClH/c16-10-11-4-1-2-9-19(11)15(20)12-5-3-6-13-14(12)18-8-7-17-13;/h3,5-8,11H,1-2,4,9-10,16H2;1H. The van der Waals surface area contributed by atoms with Gasteiger partial charge < -0.3 is 10.6 Å². The first kappa shape index (κ1) is 15.7. The van der Waals surface area contributed by atoms with Gasteiger partial charge in [-0.25, -0.2) is 0 Å². The van der Waals surface area contributed by atoms with Crippen LogP contribution in [-0.2, 0) is 0 Å². The van der Waals surface area contributed by atoms with Gasteiger partial charge in [-0.1, -0.05) is 6.07 Å². The predicted octanol–water partition coefficient (Wildman–Crippen LogP) is 2.00. The number of carbonyl (C=O) groups excluding carboxylic acids is 1. The molecule has 1 fully saturated rings. The molecule has 1 aliphatic rings. The highest BCUT2D eigenvalue weighted by Gasteiger charge is 2.27. The van der Waals surface area contributed by atoms with E-state index in [0.717, 1.165) is 31.3 Å². The van der Waals surface area contributed by atoms with Gasteiger partial charge in [0, 0.05) is 31.5 Å². The zero-order valence-electron chi connectivity index (χ0n) is 11.7. The number of likely N-dealkylation sites (tertiary alicyclic amines) is 1. The Balaban J connectivity index is 0.00000161. The third kappa shape index (κ3) is 2.99. The first-order valence-corrected chi connectivity index (χ1v) is 7.02. The summed E-state index contributed by atoms with van der Waals surface area (Å²) in [6, 6.07) is 5.69. The van der Waals surface area contributed by atoms with Crippen LogP contribution in [0.15, 0.2) is 30.6 Å². The fourth-order valence-electron chi connectivity index (χ4n) is 2.83. The predicted molar refractivity (Wildman–Crippen MR) is 84.5 cm³/mol. The molecule has 0 radical (unpaired) electrons. The molecule has 1 unspecified atom stereocenters. The normalized spacial score (nSPS) is 18.3. The summed E-state index contributed by atoms with van der Waals surface area (Å²) < 4.78 is 0. The highest BCUT2D eigenvalue weighted by molar-refractivity contribution is 6.04. The number of hydrogen-bond acceptors (Lipinski definition) is 4. The average molecular weight is 307 g/mol. The Labute approximate surface area is 130 Å². The van der Waals surface area contributed by atoms with Crippen LogP contribution in [-0.4, -0.2) is 39.9 Å². The minimum Gasteiger partial charge on any atom is -0.334 e. The van der Waals surface area contributed by atoms with E-state index in [1.54, 1.807) is 12.4 Å². The second-order valence-corrected chi connectivity index (χ2v) is 5.11. The lowest BCUT2D eigenvalue weighted by molar-refractivity contribution is 0.0625. The van der Waals surface area contributed by atoms with E-state index in [0.29, 0.717) is 17.6 Å². The van der Waals surface area contributed by atoms with Crippen molar-refractivity contribution >= 4 is 29.3 Å². The highest BCUT2D eigenvalue weighted by Crippen LogP contribution is 2.22. The number of amides is 1. The van der Waals surface area contributed by atoms with Crippen molar-refractivity contribution in [3.8, 4) is 0 Å². The monoisotopic (exact) mass is 306 g/mol. The van der Waals surface area contributed by atoms with Crippen LogP contribution in [0.2, 0.25) is 0 Å². The average Bonchev–Trinajstić information content (AvgIpc) is 2.53. The van der Waals surface area contributed by atoms with E-state index in [1.165, 1.54) is 0 Å². The van der Waals surface area contributed by atoms with Crippen LogP contribution < -0.4 is 5.73 Å². The third-order valence-electron chi connectivity index (χ3n) is 3.89. The van der Waals surface area contributed by atoms with E-state index < -0.39 is 0 Å². The topological polar surface area (TPSA) is 72.1 Å². The van der Waals surface area contributed by atoms with Crippen molar-refractivity contribution in [1.82, 2.24) is 14.9 Å². The fraction of sp³-hybridized carbons (Fsp3) is 0.400. The number of aromatic nitrogens is 2. The molecular formula is C15H19ClN4O. The number of nitrogens with zero attached hydrogens (tertiary/aromatic N) is 3. The lowest BCUT2D eigenvalue weighted by Crippen LogP contribution is -2.47. The van der Waals surface area contributed by atoms with Gasteiger partial charge in [-0.05, 0) is 31.4 Å². The molecule has 112 valence electrons. The van der Waals surface area contributed by atoms with E-state index in [9.17, 15) is 4.79 Å². The molecule has 0 bridgehead atoms. The van der Waals surface area contributed by atoms with E-state index in [-0.39, 0.29) is 24.4 Å². The molecule has 6 heteroatoms. The van der Waals surface area contributed by atoms with Crippen LogP contribution in [0.5, 0.6) is 0 Å². The van der Waals surface area contributed by atoms with E-state index >= 15 is 0 Å². The lowest BCUT2D eigenvalue weighted by atomic mass is 10.0. The molecule has 2 heterocycles. The molecule has 5 nitrogen and oxygen atoms in total. The molecule has 1 aliphatic heterocycles. The van der Waals surface area contributed by atoms with Gasteiger partial charge in [0.2, 0.25) is 0 Å². The zero-order valence-corrected chi connectivity index (χ0v) is 12.6. The lowest BCUT2D eigenvalue weighted by Gasteiger charge is -2.35. The number of fused-ring (bicyclic) bond motifs is 1. The molecule has 1 aromatic carbocycles. The molecule has 0 saturated carbocycles. The first-order valence-electron chi connectivity index (χ1n) is 7.02. The first-order chi connectivity index (χ1) is 9.81. The number of hydrogen-bond donors (Lipinski definition) is 1. The summed E-state index contributed by atoms with van der Waals surface area (Å²) in [4.78, 5) is 23.2. The number of para-hydroxylation sites is 1. The van der Waals surface area contributed by atoms with Gasteiger partial charge in [0.1, 0.15) is 5.52 Å². The molecule has 1 aromatic heterocycles. The summed E-state index contributed by atoms with van der Waals surface area (Å²) in [7, 11) is 0. The Bertz CT molecular complexity index is 629. The zero-order chi connectivity index (χ0) is 13.9. The SMILES string of the molecule is Cl.NCC1CCCCN1C(=O)c1cccc2nccnc12. The van der Waals surface area contributed by atoms with Crippen molar-refractivity contribution in [3.05, 3.63) is 36.2 Å². The molecule has 1 saturated heterocycles. The molecule has 1 atom stereocenters. The van der Waals surface area contributed by atoms with Gasteiger partial charge in [0.25, 0.3) is 5.91 Å². The van der Waals surface area contributed by atoms with Crippen molar-refractivity contribution < 1.29 is 4.79 Å². The second kappa shape index (κ2) is 6.83. The third-order valence-corrected chi connectivity index (χ3v) is 3.89. The molecular weight excluding hydrogens is 288 g/mol. The Hall–Kier alpha value is -1.72. The highest BCUT2D eigenvalue weighted by atomic mass is 35.5. The van der Waals surface area contributed by atoms with Crippen LogP contribution in [0.3, 0.4) is 0 Å². The van der Waals surface area contributed by atoms with Crippen LogP contribution in [0.4, 0.5) is 0 Å². The van der Waals surface area contributed by atoms with Gasteiger partial charge >= 0.3 is 0 Å². The van der Waals surface area contributed by atoms with Crippen LogP contribution in [0.25, 0.3) is 11.0 Å². The van der Waals surface area contributed by atoms with Crippen molar-refractivity contribution in [2.75, 3.05) is 13.1 Å². The Morgan fingerprint density at radius 2 is 2.10 bits per heavy atom. The summed E-state index contributed by atoms with van der Waals surface area (Å²) in [5.41, 5.74) is 7.84. The van der Waals surface area contributed by atoms with E-state index in [1.807, 2.05) is 23.1 Å². The van der Waals surface area contributed by atoms with Crippen molar-refractivity contribution in [2.24, 2.45) is 5.73 Å². The van der Waals surface area contributed by atoms with Crippen LogP contribution in [0.1, 0.15) is 29.6 Å². The summed E-state index contributed by atoms with van der Waals surface area (Å²) in [6.07, 6.45) is 6.42. The number of piperidine rings is 1. The van der Waals surface area contributed by atoms with Gasteiger partial charge in [-0.15, -0.1) is 12.4 Å². The maximum absolute atomic E-state index is 12.8. The van der Waals surface area contributed by atoms with Crippen LogP contribution in [0, 0.1) is 0 Å². The summed E-state index contributed by atoms with van der Waals surface area (Å²) in [5, 5.41) is 0. The number of halogens is 1. The molecule has 1 amide bonds. The Kier molecular flexibility index (Phi) is 5.09. The number of carbonyl (C=O) groups is 1. The molecule has 0 aliphatic carbocycles. The van der Waals surface area contributed by atoms with Gasteiger partial charge in [0.05, 0.1) is 11.1 Å². The van der Waals surface area contributed by atoms with Gasteiger partial charge in [0.15, 0.2) is 0 Å². The van der Waals surface area contributed by atoms with Gasteiger partial charge in [-0.3, -0.25) is 14.8 Å². The largest absolute Gasteiger partial charge is 0.334 e. The Morgan fingerprint density at radius 3 is 2.90 bits per heavy atom. The maximum atomic E-state index is 12.8. The maximum Gasteiger partial charge on any atom is 0.256 e. The van der Waals surface area contributed by atoms with Crippen LogP contribution >= 0.6 is 12.4 Å². The second-order valence-electron chi connectivity index (χ2n) is 5.11. The van der Waals surface area contributed by atoms with E-state index in [2.05, 4.69) is 9.97 Å². The smallest absolute Gasteiger partial charge is 0.256 e.